The van der Waals surface area contributed by atoms with Gasteiger partial charge in [0.1, 0.15) is 17.0 Å². The summed E-state index contributed by atoms with van der Waals surface area (Å²) in [6, 6.07) is 5.52. The minimum Gasteiger partial charge on any atom is -0.369 e. The molecule has 20 heavy (non-hydrogen) atoms. The maximum atomic E-state index is 12.5. The molecule has 0 spiro atoms. The number of anilines is 1. The van der Waals surface area contributed by atoms with E-state index in [9.17, 15) is 4.79 Å². The molecule has 1 N–H and O–H groups in total. The Labute approximate surface area is 118 Å². The summed E-state index contributed by atoms with van der Waals surface area (Å²) in [6.07, 6.45) is 5.29. The molecule has 0 saturated heterocycles. The molecule has 0 bridgehead atoms. The van der Waals surface area contributed by atoms with Gasteiger partial charge in [-0.15, -0.1) is 0 Å². The summed E-state index contributed by atoms with van der Waals surface area (Å²) in [5.74, 6) is 0.614. The summed E-state index contributed by atoms with van der Waals surface area (Å²) < 4.78 is 1.55. The first-order valence-corrected chi connectivity index (χ1v) is 7.03. The maximum Gasteiger partial charge on any atom is 0.268 e. The van der Waals surface area contributed by atoms with E-state index < -0.39 is 0 Å². The number of fused-ring (bicyclic) bond motifs is 1. The largest absolute Gasteiger partial charge is 0.369 e. The molecule has 0 aliphatic heterocycles. The highest BCUT2D eigenvalue weighted by molar-refractivity contribution is 5.86. The average Bonchev–Trinajstić information content (AvgIpc) is 2.48. The van der Waals surface area contributed by atoms with Gasteiger partial charge in [0.2, 0.25) is 0 Å². The monoisotopic (exact) mass is 272 g/mol. The van der Waals surface area contributed by atoms with Crippen LogP contribution in [0.25, 0.3) is 5.65 Å². The lowest BCUT2D eigenvalue weighted by Crippen LogP contribution is -2.22. The third-order valence-electron chi connectivity index (χ3n) is 2.88. The zero-order valence-electron chi connectivity index (χ0n) is 12.0. The number of hydrogen-bond acceptors (Lipinski definition) is 4. The zero-order chi connectivity index (χ0) is 14.4. The van der Waals surface area contributed by atoms with Gasteiger partial charge >= 0.3 is 0 Å². The molecule has 0 unspecified atom stereocenters. The van der Waals surface area contributed by atoms with E-state index >= 15 is 0 Å². The van der Waals surface area contributed by atoms with Gasteiger partial charge in [0, 0.05) is 25.5 Å². The fourth-order valence-corrected chi connectivity index (χ4v) is 1.88. The molecule has 2 aromatic heterocycles. The van der Waals surface area contributed by atoms with Crippen LogP contribution in [0.5, 0.6) is 0 Å². The Bertz CT molecular complexity index is 660. The molecule has 0 atom stereocenters. The summed E-state index contributed by atoms with van der Waals surface area (Å²) in [7, 11) is 0. The van der Waals surface area contributed by atoms with E-state index in [1.807, 2.05) is 18.2 Å². The third kappa shape index (κ3) is 3.04. The lowest BCUT2D eigenvalue weighted by Gasteiger charge is -2.09. The van der Waals surface area contributed by atoms with Crippen LogP contribution in [0.15, 0.2) is 34.2 Å². The second-order valence-corrected chi connectivity index (χ2v) is 4.57. The van der Waals surface area contributed by atoms with E-state index in [0.29, 0.717) is 23.6 Å². The summed E-state index contributed by atoms with van der Waals surface area (Å²) in [6.45, 7) is 5.62. The molecule has 106 valence electrons. The minimum atomic E-state index is -0.0888. The van der Waals surface area contributed by atoms with Crippen molar-refractivity contribution in [1.82, 2.24) is 9.38 Å². The molecule has 0 saturated carbocycles. The Morgan fingerprint density at radius 3 is 2.95 bits per heavy atom. The van der Waals surface area contributed by atoms with Crippen molar-refractivity contribution in [3.8, 4) is 0 Å². The fraction of sp³-hybridized carbons (Fsp3) is 0.400. The Kier molecular flexibility index (Phi) is 4.87. The van der Waals surface area contributed by atoms with Gasteiger partial charge in [0.05, 0.1) is 0 Å². The van der Waals surface area contributed by atoms with Crippen LogP contribution in [0.4, 0.5) is 5.82 Å². The minimum absolute atomic E-state index is 0.0888. The lowest BCUT2D eigenvalue weighted by atomic mass is 10.3. The highest BCUT2D eigenvalue weighted by Crippen LogP contribution is 2.09. The van der Waals surface area contributed by atoms with Crippen LogP contribution in [-0.2, 0) is 0 Å². The first kappa shape index (κ1) is 14.2. The molecule has 0 aliphatic carbocycles. The van der Waals surface area contributed by atoms with Gasteiger partial charge in [-0.3, -0.25) is 14.2 Å². The van der Waals surface area contributed by atoms with Crippen LogP contribution >= 0.6 is 0 Å². The Morgan fingerprint density at radius 1 is 1.35 bits per heavy atom. The predicted octanol–water partition coefficient (Wildman–Crippen LogP) is 2.35. The Morgan fingerprint density at radius 2 is 2.20 bits per heavy atom. The van der Waals surface area contributed by atoms with Crippen LogP contribution < -0.4 is 10.9 Å². The third-order valence-corrected chi connectivity index (χ3v) is 2.88. The summed E-state index contributed by atoms with van der Waals surface area (Å²) in [4.78, 5) is 21.3. The molecule has 2 heterocycles. The van der Waals surface area contributed by atoms with Crippen molar-refractivity contribution in [3.05, 3.63) is 40.3 Å². The van der Waals surface area contributed by atoms with Gasteiger partial charge in [0.15, 0.2) is 0 Å². The highest BCUT2D eigenvalue weighted by Gasteiger charge is 2.10. The molecular weight excluding hydrogens is 252 g/mol. The van der Waals surface area contributed by atoms with E-state index in [1.165, 1.54) is 0 Å². The quantitative estimate of drug-likeness (QED) is 0.821. The number of aromatic nitrogens is 2. The molecule has 5 heteroatoms. The van der Waals surface area contributed by atoms with E-state index in [1.54, 1.807) is 16.8 Å². The van der Waals surface area contributed by atoms with Gasteiger partial charge in [0.25, 0.3) is 5.56 Å². The van der Waals surface area contributed by atoms with Crippen LogP contribution in [0.1, 0.15) is 32.3 Å². The van der Waals surface area contributed by atoms with Crippen molar-refractivity contribution in [2.75, 3.05) is 18.4 Å². The van der Waals surface area contributed by atoms with E-state index in [4.69, 9.17) is 0 Å². The first-order valence-electron chi connectivity index (χ1n) is 7.03. The topological polar surface area (TPSA) is 58.8 Å². The molecular formula is C15H20N4O. The van der Waals surface area contributed by atoms with Gasteiger partial charge in [-0.2, -0.15) is 0 Å². The van der Waals surface area contributed by atoms with Crippen molar-refractivity contribution in [2.45, 2.75) is 26.7 Å². The van der Waals surface area contributed by atoms with Gasteiger partial charge in [-0.25, -0.2) is 4.98 Å². The summed E-state index contributed by atoms with van der Waals surface area (Å²) >= 11 is 0. The SMILES string of the molecule is CCC/N=C/c1c(NCCC)nc2ccccn2c1=O. The first-order chi connectivity index (χ1) is 9.77. The smallest absolute Gasteiger partial charge is 0.268 e. The number of rotatable bonds is 6. The van der Waals surface area contributed by atoms with Crippen LogP contribution in [0.2, 0.25) is 0 Å². The van der Waals surface area contributed by atoms with E-state index in [2.05, 4.69) is 29.1 Å². The van der Waals surface area contributed by atoms with Crippen LogP contribution in [-0.4, -0.2) is 28.7 Å². The number of aliphatic imine (C=N–C) groups is 1. The highest BCUT2D eigenvalue weighted by atomic mass is 16.1. The molecule has 5 nitrogen and oxygen atoms in total. The number of nitrogens with zero attached hydrogens (tertiary/aromatic N) is 3. The average molecular weight is 272 g/mol. The van der Waals surface area contributed by atoms with Gasteiger partial charge in [-0.1, -0.05) is 19.9 Å². The van der Waals surface area contributed by atoms with Crippen LogP contribution in [0.3, 0.4) is 0 Å². The fourth-order valence-electron chi connectivity index (χ4n) is 1.88. The van der Waals surface area contributed by atoms with Crippen molar-refractivity contribution < 1.29 is 0 Å². The van der Waals surface area contributed by atoms with Crippen LogP contribution in [0, 0.1) is 0 Å². The maximum absolute atomic E-state index is 12.5. The van der Waals surface area contributed by atoms with Crippen molar-refractivity contribution in [3.63, 3.8) is 0 Å². The Hall–Kier alpha value is -2.17. The molecule has 2 rings (SSSR count). The molecule has 0 radical (unpaired) electrons. The van der Waals surface area contributed by atoms with Gasteiger partial charge in [-0.05, 0) is 25.0 Å². The second kappa shape index (κ2) is 6.84. The number of nitrogens with one attached hydrogen (secondary N) is 1. The normalized spacial score (nSPS) is 11.3. The molecule has 0 fully saturated rings. The van der Waals surface area contributed by atoms with Crippen molar-refractivity contribution >= 4 is 17.7 Å². The number of hydrogen-bond donors (Lipinski definition) is 1. The van der Waals surface area contributed by atoms with Gasteiger partial charge < -0.3 is 5.32 Å². The van der Waals surface area contributed by atoms with E-state index in [-0.39, 0.29) is 5.56 Å². The molecule has 2 aromatic rings. The molecule has 0 amide bonds. The summed E-state index contributed by atoms with van der Waals surface area (Å²) in [5.41, 5.74) is 1.08. The zero-order valence-corrected chi connectivity index (χ0v) is 12.0. The van der Waals surface area contributed by atoms with Crippen molar-refractivity contribution in [1.29, 1.82) is 0 Å². The molecule has 0 aliphatic rings. The summed E-state index contributed by atoms with van der Waals surface area (Å²) in [5, 5.41) is 3.21. The predicted molar refractivity (Wildman–Crippen MR) is 83.0 cm³/mol. The molecule has 0 aromatic carbocycles. The second-order valence-electron chi connectivity index (χ2n) is 4.57. The van der Waals surface area contributed by atoms with E-state index in [0.717, 1.165) is 19.4 Å². The lowest BCUT2D eigenvalue weighted by molar-refractivity contribution is 0.933. The number of pyridine rings is 1. The van der Waals surface area contributed by atoms with Crippen molar-refractivity contribution in [2.24, 2.45) is 4.99 Å². The standard InChI is InChI=1S/C15H20N4O/c1-3-8-16-11-12-14(17-9-4-2)18-13-7-5-6-10-19(13)15(12)20/h5-7,10-11,17H,3-4,8-9H2,1-2H3/b16-11+. The Balaban J connectivity index is 2.54.